The van der Waals surface area contributed by atoms with E-state index in [-0.39, 0.29) is 23.3 Å². The lowest BCUT2D eigenvalue weighted by Gasteiger charge is -2.38. The molecular weight excluding hydrogens is 507 g/mol. The van der Waals surface area contributed by atoms with E-state index >= 15 is 0 Å². The summed E-state index contributed by atoms with van der Waals surface area (Å²) in [6.07, 6.45) is 7.10. The number of piperazine rings is 1. The lowest BCUT2D eigenvalue weighted by atomic mass is 9.89. The second kappa shape index (κ2) is 10.3. The number of urea groups is 1. The number of thiazole rings is 1. The van der Waals surface area contributed by atoms with Crippen LogP contribution in [0.25, 0.3) is 0 Å². The van der Waals surface area contributed by atoms with E-state index in [1.807, 2.05) is 17.4 Å². The molecule has 3 saturated heterocycles. The predicted molar refractivity (Wildman–Crippen MR) is 142 cm³/mol. The van der Waals surface area contributed by atoms with Crippen LogP contribution in [-0.4, -0.2) is 87.6 Å². The summed E-state index contributed by atoms with van der Waals surface area (Å²) in [5.74, 6) is -0.199. The summed E-state index contributed by atoms with van der Waals surface area (Å²) in [6, 6.07) is 6.46. The SMILES string of the molecule is O=C1NCC2(CCN(c3ncc(C(=O)N4CCN(Cc5cncn5Cc5ccc(F)cc5)CC4)s3)CC2)N1. The van der Waals surface area contributed by atoms with Crippen LogP contribution in [0.2, 0.25) is 0 Å². The van der Waals surface area contributed by atoms with Crippen LogP contribution in [0.5, 0.6) is 0 Å². The van der Waals surface area contributed by atoms with Crippen molar-refractivity contribution in [3.05, 3.63) is 64.9 Å². The lowest BCUT2D eigenvalue weighted by molar-refractivity contribution is 0.0630. The van der Waals surface area contributed by atoms with Crippen LogP contribution in [0, 0.1) is 5.82 Å². The van der Waals surface area contributed by atoms with E-state index < -0.39 is 0 Å². The van der Waals surface area contributed by atoms with Gasteiger partial charge in [-0.1, -0.05) is 23.5 Å². The quantitative estimate of drug-likeness (QED) is 0.499. The maximum Gasteiger partial charge on any atom is 0.315 e. The summed E-state index contributed by atoms with van der Waals surface area (Å²) >= 11 is 1.45. The summed E-state index contributed by atoms with van der Waals surface area (Å²) in [7, 11) is 0. The van der Waals surface area contributed by atoms with E-state index in [2.05, 4.69) is 35.0 Å². The van der Waals surface area contributed by atoms with Crippen molar-refractivity contribution in [1.82, 2.24) is 35.0 Å². The first-order valence-electron chi connectivity index (χ1n) is 13.0. The number of imidazole rings is 1. The van der Waals surface area contributed by atoms with Crippen molar-refractivity contribution < 1.29 is 14.0 Å². The average Bonchev–Trinajstić information content (AvgIpc) is 3.67. The van der Waals surface area contributed by atoms with Gasteiger partial charge in [-0.3, -0.25) is 9.69 Å². The van der Waals surface area contributed by atoms with E-state index in [1.54, 1.807) is 18.3 Å². The Balaban J connectivity index is 0.999. The van der Waals surface area contributed by atoms with E-state index in [0.717, 1.165) is 62.0 Å². The van der Waals surface area contributed by atoms with Gasteiger partial charge in [0.1, 0.15) is 10.7 Å². The molecule has 0 aliphatic carbocycles. The third kappa shape index (κ3) is 5.23. The Bertz CT molecular complexity index is 1290. The van der Waals surface area contributed by atoms with Gasteiger partial charge in [0, 0.05) is 65.1 Å². The van der Waals surface area contributed by atoms with Gasteiger partial charge in [0.25, 0.3) is 5.91 Å². The molecule has 200 valence electrons. The number of rotatable bonds is 6. The van der Waals surface area contributed by atoms with Crippen LogP contribution in [0.3, 0.4) is 0 Å². The minimum atomic E-state index is -0.237. The molecule has 0 radical (unpaired) electrons. The van der Waals surface area contributed by atoms with Crippen molar-refractivity contribution in [2.24, 2.45) is 0 Å². The number of carbonyl (C=O) groups excluding carboxylic acids is 2. The molecule has 0 atom stereocenters. The zero-order valence-corrected chi connectivity index (χ0v) is 21.9. The monoisotopic (exact) mass is 538 g/mol. The number of carbonyl (C=O) groups is 2. The van der Waals surface area contributed by atoms with Gasteiger partial charge in [-0.15, -0.1) is 0 Å². The fourth-order valence-electron chi connectivity index (χ4n) is 5.42. The van der Waals surface area contributed by atoms with Crippen molar-refractivity contribution in [2.75, 3.05) is 50.7 Å². The minimum absolute atomic E-state index is 0.0375. The maximum absolute atomic E-state index is 13.2. The molecule has 3 aromatic rings. The molecule has 12 heteroatoms. The van der Waals surface area contributed by atoms with Crippen molar-refractivity contribution in [1.29, 1.82) is 0 Å². The van der Waals surface area contributed by atoms with Crippen molar-refractivity contribution >= 4 is 28.4 Å². The summed E-state index contributed by atoms with van der Waals surface area (Å²) < 4.78 is 15.3. The van der Waals surface area contributed by atoms with Gasteiger partial charge in [-0.2, -0.15) is 0 Å². The summed E-state index contributed by atoms with van der Waals surface area (Å²) in [5.41, 5.74) is 1.97. The van der Waals surface area contributed by atoms with Gasteiger partial charge < -0.3 is 25.0 Å². The first-order valence-corrected chi connectivity index (χ1v) is 13.8. The predicted octanol–water partition coefficient (Wildman–Crippen LogP) is 2.14. The highest BCUT2D eigenvalue weighted by atomic mass is 32.1. The highest BCUT2D eigenvalue weighted by Gasteiger charge is 2.40. The van der Waals surface area contributed by atoms with Crippen LogP contribution < -0.4 is 15.5 Å². The van der Waals surface area contributed by atoms with Gasteiger partial charge in [0.2, 0.25) is 0 Å². The van der Waals surface area contributed by atoms with Crippen LogP contribution in [-0.2, 0) is 13.1 Å². The Labute approximate surface area is 224 Å². The molecule has 5 heterocycles. The summed E-state index contributed by atoms with van der Waals surface area (Å²) in [6.45, 7) is 6.57. The molecule has 10 nitrogen and oxygen atoms in total. The highest BCUT2D eigenvalue weighted by Crippen LogP contribution is 2.31. The first-order chi connectivity index (χ1) is 18.5. The first kappa shape index (κ1) is 24.8. The third-order valence-corrected chi connectivity index (χ3v) is 8.82. The molecule has 3 aliphatic heterocycles. The second-order valence-corrected chi connectivity index (χ2v) is 11.3. The van der Waals surface area contributed by atoms with E-state index in [0.29, 0.717) is 31.1 Å². The number of halogens is 1. The van der Waals surface area contributed by atoms with E-state index in [1.165, 1.54) is 23.5 Å². The van der Waals surface area contributed by atoms with Gasteiger partial charge in [-0.05, 0) is 30.5 Å². The number of amides is 3. The van der Waals surface area contributed by atoms with Gasteiger partial charge in [0.05, 0.1) is 23.8 Å². The fraction of sp³-hybridized carbons (Fsp3) is 0.462. The largest absolute Gasteiger partial charge is 0.348 e. The minimum Gasteiger partial charge on any atom is -0.348 e. The topological polar surface area (TPSA) is 98.6 Å². The van der Waals surface area contributed by atoms with Crippen LogP contribution >= 0.6 is 11.3 Å². The number of piperidine rings is 1. The second-order valence-electron chi connectivity index (χ2n) is 10.3. The Hall–Kier alpha value is -3.51. The molecule has 1 aromatic carbocycles. The molecule has 38 heavy (non-hydrogen) atoms. The molecule has 0 bridgehead atoms. The Morgan fingerprint density at radius 3 is 2.50 bits per heavy atom. The van der Waals surface area contributed by atoms with Crippen LogP contribution in [0.4, 0.5) is 14.3 Å². The normalized spacial score (nSPS) is 19.6. The van der Waals surface area contributed by atoms with Crippen molar-refractivity contribution in [3.63, 3.8) is 0 Å². The van der Waals surface area contributed by atoms with Crippen LogP contribution in [0.1, 0.15) is 33.8 Å². The standard InChI is InChI=1S/C26H31FN8O2S/c27-20-3-1-19(2-4-20)15-35-18-28-13-21(35)16-32-9-11-33(12-10-32)23(36)22-14-29-25(38-22)34-7-5-26(6-8-34)17-30-24(37)31-26/h1-4,13-14,18H,5-12,15-17H2,(H2,30,31,37). The number of nitrogens with zero attached hydrogens (tertiary/aromatic N) is 6. The zero-order chi connectivity index (χ0) is 26.1. The highest BCUT2D eigenvalue weighted by molar-refractivity contribution is 7.17. The average molecular weight is 539 g/mol. The number of anilines is 1. The Kier molecular flexibility index (Phi) is 6.75. The van der Waals surface area contributed by atoms with Gasteiger partial charge in [0.15, 0.2) is 5.13 Å². The summed E-state index contributed by atoms with van der Waals surface area (Å²) in [4.78, 5) is 40.8. The lowest BCUT2D eigenvalue weighted by Crippen LogP contribution is -2.52. The molecule has 6 rings (SSSR count). The molecule has 3 aliphatic rings. The molecular formula is C26H31FN8O2S. The smallest absolute Gasteiger partial charge is 0.315 e. The molecule has 3 fully saturated rings. The van der Waals surface area contributed by atoms with Crippen molar-refractivity contribution in [3.8, 4) is 0 Å². The van der Waals surface area contributed by atoms with Gasteiger partial charge in [-0.25, -0.2) is 19.2 Å². The zero-order valence-electron chi connectivity index (χ0n) is 21.1. The molecule has 2 N–H and O–H groups in total. The Morgan fingerprint density at radius 2 is 1.79 bits per heavy atom. The van der Waals surface area contributed by atoms with Crippen molar-refractivity contribution in [2.45, 2.75) is 31.5 Å². The third-order valence-electron chi connectivity index (χ3n) is 7.77. The molecule has 0 unspecified atom stereocenters. The number of aromatic nitrogens is 3. The number of hydrogen-bond donors (Lipinski definition) is 2. The maximum atomic E-state index is 13.2. The molecule has 3 amide bonds. The van der Waals surface area contributed by atoms with Gasteiger partial charge >= 0.3 is 6.03 Å². The van der Waals surface area contributed by atoms with E-state index in [4.69, 9.17) is 0 Å². The molecule has 1 spiro atoms. The van der Waals surface area contributed by atoms with Crippen LogP contribution in [0.15, 0.2) is 43.0 Å². The fourth-order valence-corrected chi connectivity index (χ4v) is 6.35. The summed E-state index contributed by atoms with van der Waals surface area (Å²) in [5, 5.41) is 6.80. The number of hydrogen-bond acceptors (Lipinski definition) is 7. The number of benzene rings is 1. The Morgan fingerprint density at radius 1 is 1.03 bits per heavy atom. The number of nitrogens with one attached hydrogen (secondary N) is 2. The van der Waals surface area contributed by atoms with E-state index in [9.17, 15) is 14.0 Å². The molecule has 2 aromatic heterocycles. The molecule has 0 saturated carbocycles.